The zero-order valence-electron chi connectivity index (χ0n) is 7.37. The molecule has 0 heterocycles. The fourth-order valence-electron chi connectivity index (χ4n) is 0.992. The van der Waals surface area contributed by atoms with Crippen molar-refractivity contribution in [2.75, 3.05) is 7.11 Å². The van der Waals surface area contributed by atoms with Crippen LogP contribution in [0, 0.1) is 13.0 Å². The van der Waals surface area contributed by atoms with Gasteiger partial charge in [0.15, 0.2) is 0 Å². The molecular weight excluding hydrogens is 150 g/mol. The fourth-order valence-corrected chi connectivity index (χ4v) is 0.992. The van der Waals surface area contributed by atoms with Gasteiger partial charge in [-0.1, -0.05) is 23.4 Å². The van der Waals surface area contributed by atoms with E-state index in [1.807, 2.05) is 19.1 Å². The Kier molecular flexibility index (Phi) is 3.33. The summed E-state index contributed by atoms with van der Waals surface area (Å²) in [7, 11) is 1.54. The molecule has 0 saturated carbocycles. The highest BCUT2D eigenvalue weighted by Gasteiger charge is 1.89. The van der Waals surface area contributed by atoms with Crippen LogP contribution in [0.5, 0.6) is 0 Å². The summed E-state index contributed by atoms with van der Waals surface area (Å²) in [5.41, 5.74) is 2.38. The molecule has 1 rings (SSSR count). The second-order valence-corrected chi connectivity index (χ2v) is 2.55. The molecule has 0 bridgehead atoms. The summed E-state index contributed by atoms with van der Waals surface area (Å²) in [6.07, 6.45) is 2.55. The molecule has 0 atom stereocenters. The van der Waals surface area contributed by atoms with Crippen LogP contribution in [0.2, 0.25) is 0 Å². The van der Waals surface area contributed by atoms with Crippen LogP contribution in [0.3, 0.4) is 0 Å². The first kappa shape index (κ1) is 8.78. The fraction of sp³-hybridized carbons (Fsp3) is 0.300. The number of rotatable bonds is 3. The quantitative estimate of drug-likeness (QED) is 0.492. The Hall–Kier alpha value is -1.31. The van der Waals surface area contributed by atoms with Crippen molar-refractivity contribution in [3.05, 3.63) is 35.4 Å². The lowest BCUT2D eigenvalue weighted by Crippen LogP contribution is -1.87. The standard InChI is InChI=1S/C10H12NO/c1-9-4-3-5-10(8-9)6-7-11-12-2/h3,5,7-8H,6H2,1-2H3. The van der Waals surface area contributed by atoms with Gasteiger partial charge in [-0.25, -0.2) is 0 Å². The summed E-state index contributed by atoms with van der Waals surface area (Å²) in [6, 6.07) is 9.12. The topological polar surface area (TPSA) is 21.6 Å². The third kappa shape index (κ3) is 2.74. The van der Waals surface area contributed by atoms with Gasteiger partial charge < -0.3 is 4.84 Å². The Bertz CT molecular complexity index is 268. The minimum Gasteiger partial charge on any atom is -0.399 e. The normalized spacial score (nSPS) is 10.5. The van der Waals surface area contributed by atoms with Crippen molar-refractivity contribution in [2.24, 2.45) is 5.16 Å². The van der Waals surface area contributed by atoms with Crippen LogP contribution >= 0.6 is 0 Å². The second kappa shape index (κ2) is 4.54. The smallest absolute Gasteiger partial charge is 0.106 e. The number of oxime groups is 1. The van der Waals surface area contributed by atoms with Crippen LogP contribution in [-0.2, 0) is 11.3 Å². The average molecular weight is 162 g/mol. The van der Waals surface area contributed by atoms with Gasteiger partial charge in [0.1, 0.15) is 7.11 Å². The molecule has 0 aromatic heterocycles. The maximum Gasteiger partial charge on any atom is 0.106 e. The van der Waals surface area contributed by atoms with Crippen molar-refractivity contribution in [1.82, 2.24) is 0 Å². The van der Waals surface area contributed by atoms with Crippen LogP contribution in [0.15, 0.2) is 23.4 Å². The molecule has 0 aliphatic carbocycles. The highest BCUT2D eigenvalue weighted by molar-refractivity contribution is 5.60. The third-order valence-corrected chi connectivity index (χ3v) is 1.52. The van der Waals surface area contributed by atoms with E-state index in [1.165, 1.54) is 5.56 Å². The predicted molar refractivity (Wildman–Crippen MR) is 49.2 cm³/mol. The average Bonchev–Trinajstić information content (AvgIpc) is 2.05. The number of benzene rings is 1. The van der Waals surface area contributed by atoms with E-state index >= 15 is 0 Å². The molecule has 0 aliphatic rings. The molecule has 2 nitrogen and oxygen atoms in total. The number of hydrogen-bond donors (Lipinski definition) is 0. The van der Waals surface area contributed by atoms with Gasteiger partial charge >= 0.3 is 0 Å². The van der Waals surface area contributed by atoms with E-state index < -0.39 is 0 Å². The van der Waals surface area contributed by atoms with Gasteiger partial charge in [0.25, 0.3) is 0 Å². The van der Waals surface area contributed by atoms with Gasteiger partial charge in [0.05, 0.1) is 0 Å². The SMILES string of the molecule is CON=CCc1cc[c]c(C)c1. The number of aryl methyl sites for hydroxylation is 1. The molecular formula is C10H12NO. The van der Waals surface area contributed by atoms with E-state index in [4.69, 9.17) is 0 Å². The predicted octanol–water partition coefficient (Wildman–Crippen LogP) is 1.97. The zero-order valence-corrected chi connectivity index (χ0v) is 7.37. The van der Waals surface area contributed by atoms with Crippen molar-refractivity contribution in [1.29, 1.82) is 0 Å². The molecule has 1 aromatic rings. The van der Waals surface area contributed by atoms with E-state index in [-0.39, 0.29) is 0 Å². The summed E-state index contributed by atoms with van der Waals surface area (Å²) in [5, 5.41) is 3.66. The van der Waals surface area contributed by atoms with Gasteiger partial charge in [0, 0.05) is 12.6 Å². The van der Waals surface area contributed by atoms with Crippen molar-refractivity contribution in [3.8, 4) is 0 Å². The Morgan fingerprint density at radius 3 is 3.17 bits per heavy atom. The molecule has 0 aliphatic heterocycles. The molecule has 1 aromatic carbocycles. The van der Waals surface area contributed by atoms with Gasteiger partial charge in [-0.2, -0.15) is 0 Å². The Morgan fingerprint density at radius 1 is 1.67 bits per heavy atom. The van der Waals surface area contributed by atoms with Crippen molar-refractivity contribution < 1.29 is 4.84 Å². The molecule has 2 heteroatoms. The summed E-state index contributed by atoms with van der Waals surface area (Å²) in [5.74, 6) is 0. The van der Waals surface area contributed by atoms with E-state index in [0.29, 0.717) is 0 Å². The van der Waals surface area contributed by atoms with Crippen LogP contribution in [-0.4, -0.2) is 13.3 Å². The molecule has 0 spiro atoms. The van der Waals surface area contributed by atoms with E-state index in [0.717, 1.165) is 12.0 Å². The molecule has 0 N–H and O–H groups in total. The Labute approximate surface area is 72.9 Å². The van der Waals surface area contributed by atoms with Gasteiger partial charge in [0.2, 0.25) is 0 Å². The highest BCUT2D eigenvalue weighted by Crippen LogP contribution is 2.02. The van der Waals surface area contributed by atoms with Crippen LogP contribution < -0.4 is 0 Å². The summed E-state index contributed by atoms with van der Waals surface area (Å²) in [4.78, 5) is 4.56. The van der Waals surface area contributed by atoms with E-state index in [1.54, 1.807) is 13.3 Å². The van der Waals surface area contributed by atoms with Crippen LogP contribution in [0.4, 0.5) is 0 Å². The van der Waals surface area contributed by atoms with Gasteiger partial charge in [-0.15, -0.1) is 0 Å². The van der Waals surface area contributed by atoms with Crippen LogP contribution in [0.1, 0.15) is 11.1 Å². The third-order valence-electron chi connectivity index (χ3n) is 1.52. The number of nitrogens with zero attached hydrogens (tertiary/aromatic N) is 1. The second-order valence-electron chi connectivity index (χ2n) is 2.55. The summed E-state index contributed by atoms with van der Waals surface area (Å²) >= 11 is 0. The first-order valence-corrected chi connectivity index (χ1v) is 3.85. The van der Waals surface area contributed by atoms with Gasteiger partial charge in [-0.05, 0) is 24.1 Å². The Balaban J connectivity index is 2.57. The first-order chi connectivity index (χ1) is 5.83. The largest absolute Gasteiger partial charge is 0.399 e. The monoisotopic (exact) mass is 162 g/mol. The lowest BCUT2D eigenvalue weighted by molar-refractivity contribution is 0.215. The van der Waals surface area contributed by atoms with E-state index in [9.17, 15) is 0 Å². The molecule has 1 radical (unpaired) electrons. The van der Waals surface area contributed by atoms with Gasteiger partial charge in [-0.3, -0.25) is 0 Å². The summed E-state index contributed by atoms with van der Waals surface area (Å²) in [6.45, 7) is 2.02. The van der Waals surface area contributed by atoms with E-state index in [2.05, 4.69) is 22.1 Å². The molecule has 0 unspecified atom stereocenters. The van der Waals surface area contributed by atoms with Crippen molar-refractivity contribution in [2.45, 2.75) is 13.3 Å². The first-order valence-electron chi connectivity index (χ1n) is 3.85. The lowest BCUT2D eigenvalue weighted by atomic mass is 10.1. The molecule has 0 fully saturated rings. The minimum absolute atomic E-state index is 0.809. The lowest BCUT2D eigenvalue weighted by Gasteiger charge is -1.96. The van der Waals surface area contributed by atoms with Crippen LogP contribution in [0.25, 0.3) is 0 Å². The minimum atomic E-state index is 0.809. The highest BCUT2D eigenvalue weighted by atomic mass is 16.6. The van der Waals surface area contributed by atoms with Crippen molar-refractivity contribution >= 4 is 6.21 Å². The maximum atomic E-state index is 4.56. The maximum absolute atomic E-state index is 4.56. The molecule has 0 amide bonds. The zero-order chi connectivity index (χ0) is 8.81. The Morgan fingerprint density at radius 2 is 2.50 bits per heavy atom. The molecule has 0 saturated heterocycles. The molecule has 63 valence electrons. The molecule has 12 heavy (non-hydrogen) atoms. The van der Waals surface area contributed by atoms with Crippen molar-refractivity contribution in [3.63, 3.8) is 0 Å². The number of hydrogen-bond acceptors (Lipinski definition) is 2. The summed E-state index contributed by atoms with van der Waals surface area (Å²) < 4.78 is 0.